The lowest BCUT2D eigenvalue weighted by Gasteiger charge is -2.13. The molecule has 0 heterocycles. The van der Waals surface area contributed by atoms with E-state index in [1.165, 1.54) is 6.07 Å². The molecule has 1 unspecified atom stereocenters. The number of nitrogens with zero attached hydrogens (tertiary/aromatic N) is 1. The third-order valence-corrected chi connectivity index (χ3v) is 2.46. The van der Waals surface area contributed by atoms with Gasteiger partial charge in [0.1, 0.15) is 0 Å². The highest BCUT2D eigenvalue weighted by molar-refractivity contribution is 5.48. The number of rotatable bonds is 7. The summed E-state index contributed by atoms with van der Waals surface area (Å²) in [7, 11) is 1.59. The Kier molecular flexibility index (Phi) is 5.72. The van der Waals surface area contributed by atoms with Crippen molar-refractivity contribution < 1.29 is 14.4 Å². The summed E-state index contributed by atoms with van der Waals surface area (Å²) in [6, 6.07) is 4.68. The van der Waals surface area contributed by atoms with E-state index in [1.807, 2.05) is 13.8 Å². The van der Waals surface area contributed by atoms with Gasteiger partial charge >= 0.3 is 5.69 Å². The summed E-state index contributed by atoms with van der Waals surface area (Å²) in [4.78, 5) is 10.5. The average Bonchev–Trinajstić information content (AvgIpc) is 2.28. The molecule has 0 saturated heterocycles. The van der Waals surface area contributed by atoms with Crippen molar-refractivity contribution in [1.29, 1.82) is 0 Å². The molecule has 0 saturated carbocycles. The molecule has 0 aliphatic carbocycles. The van der Waals surface area contributed by atoms with Gasteiger partial charge in [0.25, 0.3) is 0 Å². The maximum Gasteiger partial charge on any atom is 0.310 e. The lowest BCUT2D eigenvalue weighted by atomic mass is 10.1. The number of nitro groups is 1. The number of benzene rings is 1. The summed E-state index contributed by atoms with van der Waals surface area (Å²) in [5.74, 6) is 0.280. The van der Waals surface area contributed by atoms with E-state index in [9.17, 15) is 10.1 Å². The van der Waals surface area contributed by atoms with Crippen LogP contribution in [-0.2, 0) is 11.2 Å². The molecule has 1 aromatic carbocycles. The maximum absolute atomic E-state index is 10.9. The first-order valence-corrected chi connectivity index (χ1v) is 6.12. The van der Waals surface area contributed by atoms with Gasteiger partial charge in [-0.05, 0) is 31.9 Å². The quantitative estimate of drug-likeness (QED) is 0.602. The van der Waals surface area contributed by atoms with Crippen LogP contribution in [0.15, 0.2) is 18.2 Å². The Morgan fingerprint density at radius 1 is 1.42 bits per heavy atom. The predicted octanol–water partition coefficient (Wildman–Crippen LogP) is 1.90. The summed E-state index contributed by atoms with van der Waals surface area (Å²) in [5, 5.41) is 10.9. The van der Waals surface area contributed by atoms with Crippen molar-refractivity contribution >= 4 is 5.69 Å². The van der Waals surface area contributed by atoms with Gasteiger partial charge in [0.15, 0.2) is 5.75 Å². The average molecular weight is 268 g/mol. The van der Waals surface area contributed by atoms with Crippen molar-refractivity contribution in [3.63, 3.8) is 0 Å². The van der Waals surface area contributed by atoms with E-state index >= 15 is 0 Å². The second-order valence-electron chi connectivity index (χ2n) is 4.65. The van der Waals surface area contributed by atoms with Crippen molar-refractivity contribution in [1.82, 2.24) is 0 Å². The fraction of sp³-hybridized carbons (Fsp3) is 0.538. The van der Waals surface area contributed by atoms with Gasteiger partial charge in [-0.2, -0.15) is 0 Å². The lowest BCUT2D eigenvalue weighted by Crippen LogP contribution is -2.28. The van der Waals surface area contributed by atoms with E-state index < -0.39 is 4.92 Å². The molecule has 0 spiro atoms. The highest BCUT2D eigenvalue weighted by Crippen LogP contribution is 2.29. The topological polar surface area (TPSA) is 87.6 Å². The molecule has 0 radical (unpaired) electrons. The number of hydrogen-bond donors (Lipinski definition) is 1. The largest absolute Gasteiger partial charge is 0.484 e. The molecular formula is C13H20N2O4. The van der Waals surface area contributed by atoms with Crippen LogP contribution in [0.3, 0.4) is 0 Å². The molecule has 106 valence electrons. The molecule has 2 N–H and O–H groups in total. The van der Waals surface area contributed by atoms with Crippen LogP contribution in [0.4, 0.5) is 5.69 Å². The Morgan fingerprint density at radius 3 is 2.63 bits per heavy atom. The Balaban J connectivity index is 2.94. The van der Waals surface area contributed by atoms with Gasteiger partial charge in [-0.15, -0.1) is 0 Å². The maximum atomic E-state index is 10.9. The molecule has 0 fully saturated rings. The zero-order chi connectivity index (χ0) is 14.4. The molecule has 19 heavy (non-hydrogen) atoms. The van der Waals surface area contributed by atoms with Gasteiger partial charge in [0.2, 0.25) is 0 Å². The number of nitro benzene ring substituents is 1. The smallest absolute Gasteiger partial charge is 0.310 e. The summed E-state index contributed by atoms with van der Waals surface area (Å²) < 4.78 is 10.4. The van der Waals surface area contributed by atoms with Crippen LogP contribution in [0, 0.1) is 10.1 Å². The molecule has 0 bridgehead atoms. The van der Waals surface area contributed by atoms with Crippen molar-refractivity contribution in [3.05, 3.63) is 33.9 Å². The van der Waals surface area contributed by atoms with Crippen molar-refractivity contribution in [2.75, 3.05) is 13.7 Å². The Bertz CT molecular complexity index is 435. The van der Waals surface area contributed by atoms with Crippen LogP contribution < -0.4 is 10.5 Å². The first kappa shape index (κ1) is 15.4. The van der Waals surface area contributed by atoms with E-state index in [0.717, 1.165) is 5.56 Å². The SMILES string of the molecule is COCC(N)Cc1ccc([N+](=O)[O-])c(OC(C)C)c1. The Hall–Kier alpha value is -1.66. The number of nitrogens with two attached hydrogens (primary N) is 1. The van der Waals surface area contributed by atoms with Crippen molar-refractivity contribution in [2.24, 2.45) is 5.73 Å². The van der Waals surface area contributed by atoms with Gasteiger partial charge < -0.3 is 15.2 Å². The third kappa shape index (κ3) is 4.84. The minimum atomic E-state index is -0.448. The van der Waals surface area contributed by atoms with E-state index in [2.05, 4.69) is 0 Å². The molecule has 1 aromatic rings. The molecule has 0 amide bonds. The number of ether oxygens (including phenoxy) is 2. The van der Waals surface area contributed by atoms with Crippen LogP contribution in [0.2, 0.25) is 0 Å². The summed E-state index contributed by atoms with van der Waals surface area (Å²) in [6.07, 6.45) is 0.460. The molecule has 0 aromatic heterocycles. The summed E-state index contributed by atoms with van der Waals surface area (Å²) >= 11 is 0. The van der Waals surface area contributed by atoms with Crippen molar-refractivity contribution in [2.45, 2.75) is 32.4 Å². The van der Waals surface area contributed by atoms with E-state index in [1.54, 1.807) is 19.2 Å². The van der Waals surface area contributed by atoms with Crippen LogP contribution in [0.5, 0.6) is 5.75 Å². The Morgan fingerprint density at radius 2 is 2.11 bits per heavy atom. The lowest BCUT2D eigenvalue weighted by molar-refractivity contribution is -0.386. The molecule has 1 atom stereocenters. The van der Waals surface area contributed by atoms with Gasteiger partial charge in [0.05, 0.1) is 17.6 Å². The zero-order valence-electron chi connectivity index (χ0n) is 11.5. The van der Waals surface area contributed by atoms with E-state index in [4.69, 9.17) is 15.2 Å². The summed E-state index contributed by atoms with van der Waals surface area (Å²) in [5.41, 5.74) is 6.73. The molecule has 1 rings (SSSR count). The van der Waals surface area contributed by atoms with E-state index in [0.29, 0.717) is 13.0 Å². The first-order chi connectivity index (χ1) is 8.93. The molecule has 6 heteroatoms. The van der Waals surface area contributed by atoms with Crippen molar-refractivity contribution in [3.8, 4) is 5.75 Å². The predicted molar refractivity (Wildman–Crippen MR) is 72.4 cm³/mol. The van der Waals surface area contributed by atoms with Crippen LogP contribution >= 0.6 is 0 Å². The van der Waals surface area contributed by atoms with Crippen LogP contribution in [0.25, 0.3) is 0 Å². The zero-order valence-corrected chi connectivity index (χ0v) is 11.5. The third-order valence-electron chi connectivity index (χ3n) is 2.46. The number of methoxy groups -OCH3 is 1. The van der Waals surface area contributed by atoms with E-state index in [-0.39, 0.29) is 23.6 Å². The van der Waals surface area contributed by atoms with Crippen LogP contribution in [-0.4, -0.2) is 30.8 Å². The summed E-state index contributed by atoms with van der Waals surface area (Å²) in [6.45, 7) is 4.09. The normalized spacial score (nSPS) is 12.5. The standard InChI is InChI=1S/C13H20N2O4/c1-9(2)19-13-7-10(6-11(14)8-18-3)4-5-12(13)15(16)17/h4-5,7,9,11H,6,8,14H2,1-3H3. The second-order valence-corrected chi connectivity index (χ2v) is 4.65. The molecule has 0 aliphatic heterocycles. The van der Waals surface area contributed by atoms with Gasteiger partial charge in [-0.25, -0.2) is 0 Å². The van der Waals surface area contributed by atoms with Gasteiger partial charge in [0, 0.05) is 19.2 Å². The fourth-order valence-corrected chi connectivity index (χ4v) is 1.76. The highest BCUT2D eigenvalue weighted by atomic mass is 16.6. The van der Waals surface area contributed by atoms with Gasteiger partial charge in [-0.1, -0.05) is 6.07 Å². The number of hydrogen-bond acceptors (Lipinski definition) is 5. The van der Waals surface area contributed by atoms with Gasteiger partial charge in [-0.3, -0.25) is 10.1 Å². The minimum Gasteiger partial charge on any atom is -0.484 e. The Labute approximate surface area is 112 Å². The molecule has 6 nitrogen and oxygen atoms in total. The first-order valence-electron chi connectivity index (χ1n) is 6.12. The highest BCUT2D eigenvalue weighted by Gasteiger charge is 2.17. The molecule has 0 aliphatic rings. The second kappa shape index (κ2) is 7.06. The minimum absolute atomic E-state index is 0.0298. The molecular weight excluding hydrogens is 248 g/mol. The monoisotopic (exact) mass is 268 g/mol. The van der Waals surface area contributed by atoms with Crippen LogP contribution in [0.1, 0.15) is 19.4 Å². The fourth-order valence-electron chi connectivity index (χ4n) is 1.76.